The lowest BCUT2D eigenvalue weighted by Crippen LogP contribution is -2.74. The number of hydrogen-bond acceptors (Lipinski definition) is 6. The minimum atomic E-state index is -4.20. The Hall–Kier alpha value is -2.80. The maximum Gasteiger partial charge on any atom is 0.335 e. The number of benzene rings is 2. The van der Waals surface area contributed by atoms with Gasteiger partial charge in [0.2, 0.25) is 0 Å². The van der Waals surface area contributed by atoms with Crippen molar-refractivity contribution in [1.82, 2.24) is 0 Å². The van der Waals surface area contributed by atoms with Crippen LogP contribution >= 0.6 is 11.6 Å². The number of aliphatic hydroxyl groups is 1. The lowest BCUT2D eigenvalue weighted by molar-refractivity contribution is -0.284. The number of carboxylic acid groups (broad SMARTS) is 1. The fraction of sp³-hybridized carbons (Fsp3) is 0.364. The van der Waals surface area contributed by atoms with Gasteiger partial charge in [0, 0.05) is 25.3 Å². The van der Waals surface area contributed by atoms with Crippen LogP contribution in [0.3, 0.4) is 0 Å². The summed E-state index contributed by atoms with van der Waals surface area (Å²) >= 11 is 6.16. The highest BCUT2D eigenvalue weighted by Crippen LogP contribution is 2.62. The van der Waals surface area contributed by atoms with Crippen LogP contribution in [0.1, 0.15) is 59.5 Å². The van der Waals surface area contributed by atoms with Crippen molar-refractivity contribution in [2.24, 2.45) is 0 Å². The molecule has 32 heavy (non-hydrogen) atoms. The summed E-state index contributed by atoms with van der Waals surface area (Å²) in [6, 6.07) is 8.69. The fourth-order valence-corrected chi connectivity index (χ4v) is 6.20. The van der Waals surface area contributed by atoms with E-state index in [0.29, 0.717) is 24.8 Å². The van der Waals surface area contributed by atoms with Crippen LogP contribution in [-0.4, -0.2) is 35.8 Å². The molecule has 2 aromatic carbocycles. The van der Waals surface area contributed by atoms with Crippen molar-refractivity contribution in [2.45, 2.75) is 54.1 Å². The molecule has 8 nitrogen and oxygen atoms in total. The normalized spacial score (nSPS) is 25.8. The molecule has 0 spiro atoms. The van der Waals surface area contributed by atoms with Crippen molar-refractivity contribution < 1.29 is 28.2 Å². The number of rotatable bonds is 7. The minimum Gasteiger partial charge on any atom is -0.485 e. The molecule has 0 saturated heterocycles. The van der Waals surface area contributed by atoms with E-state index in [4.69, 9.17) is 16.3 Å². The zero-order chi connectivity index (χ0) is 22.9. The zero-order valence-electron chi connectivity index (χ0n) is 16.8. The van der Waals surface area contributed by atoms with E-state index in [1.807, 2.05) is 6.07 Å². The maximum absolute atomic E-state index is 13.4. The van der Waals surface area contributed by atoms with E-state index in [1.165, 1.54) is 24.3 Å². The Morgan fingerprint density at radius 3 is 2.47 bits per heavy atom. The SMILES string of the molecule is N#Cc1cc(NS(=O)(=O)c2cc(C(=O)O)ccc2C2CC2)c(OC23CC(O)(C2)C3)cc1Cl. The third kappa shape index (κ3) is 3.48. The van der Waals surface area contributed by atoms with Gasteiger partial charge in [-0.2, -0.15) is 5.26 Å². The van der Waals surface area contributed by atoms with Gasteiger partial charge >= 0.3 is 5.97 Å². The summed E-state index contributed by atoms with van der Waals surface area (Å²) < 4.78 is 35.2. The van der Waals surface area contributed by atoms with Crippen molar-refractivity contribution in [3.63, 3.8) is 0 Å². The molecule has 166 valence electrons. The van der Waals surface area contributed by atoms with Gasteiger partial charge in [-0.1, -0.05) is 17.7 Å². The summed E-state index contributed by atoms with van der Waals surface area (Å²) in [5.41, 5.74) is -0.774. The Morgan fingerprint density at radius 2 is 1.91 bits per heavy atom. The summed E-state index contributed by atoms with van der Waals surface area (Å²) in [5, 5.41) is 28.8. The second-order valence-electron chi connectivity index (χ2n) is 8.92. The van der Waals surface area contributed by atoms with Crippen LogP contribution in [0.4, 0.5) is 5.69 Å². The molecule has 2 aromatic rings. The average molecular weight is 475 g/mol. The van der Waals surface area contributed by atoms with E-state index >= 15 is 0 Å². The molecule has 4 aliphatic rings. The number of hydrogen-bond donors (Lipinski definition) is 3. The van der Waals surface area contributed by atoms with Gasteiger partial charge in [-0.25, -0.2) is 13.2 Å². The Labute approximate surface area is 189 Å². The Kier molecular flexibility index (Phi) is 4.51. The number of carbonyl (C=O) groups is 1. The molecular formula is C22H19ClN2O6S. The van der Waals surface area contributed by atoms with Gasteiger partial charge in [-0.15, -0.1) is 0 Å². The first-order valence-electron chi connectivity index (χ1n) is 10.1. The summed E-state index contributed by atoms with van der Waals surface area (Å²) in [4.78, 5) is 11.3. The van der Waals surface area contributed by atoms with Crippen molar-refractivity contribution in [3.05, 3.63) is 52.0 Å². The third-order valence-electron chi connectivity index (χ3n) is 6.28. The molecule has 4 fully saturated rings. The molecule has 0 unspecified atom stereocenters. The Bertz CT molecular complexity index is 1290. The van der Waals surface area contributed by atoms with Gasteiger partial charge in [0.05, 0.1) is 32.3 Å². The number of anilines is 1. The molecule has 0 aliphatic heterocycles. The molecular weight excluding hydrogens is 456 g/mol. The molecule has 2 bridgehead atoms. The van der Waals surface area contributed by atoms with E-state index in [9.17, 15) is 28.7 Å². The highest BCUT2D eigenvalue weighted by molar-refractivity contribution is 7.92. The molecule has 0 atom stereocenters. The van der Waals surface area contributed by atoms with Gasteiger partial charge in [0.1, 0.15) is 17.4 Å². The highest BCUT2D eigenvalue weighted by atomic mass is 35.5. The van der Waals surface area contributed by atoms with Crippen LogP contribution in [0.2, 0.25) is 5.02 Å². The molecule has 0 heterocycles. The van der Waals surface area contributed by atoms with Crippen LogP contribution in [-0.2, 0) is 10.0 Å². The second kappa shape index (κ2) is 6.85. The maximum atomic E-state index is 13.4. The molecule has 6 rings (SSSR count). The summed E-state index contributed by atoms with van der Waals surface area (Å²) in [7, 11) is -4.20. The topological polar surface area (TPSA) is 137 Å². The van der Waals surface area contributed by atoms with Crippen molar-refractivity contribution in [3.8, 4) is 11.8 Å². The van der Waals surface area contributed by atoms with Gasteiger partial charge in [0.15, 0.2) is 0 Å². The quantitative estimate of drug-likeness (QED) is 0.557. The molecule has 0 amide bonds. The van der Waals surface area contributed by atoms with Crippen LogP contribution in [0.15, 0.2) is 35.2 Å². The zero-order valence-corrected chi connectivity index (χ0v) is 18.3. The number of nitrogens with one attached hydrogen (secondary N) is 1. The lowest BCUT2D eigenvalue weighted by atomic mass is 9.48. The smallest absolute Gasteiger partial charge is 0.335 e. The first kappa shape index (κ1) is 21.1. The van der Waals surface area contributed by atoms with E-state index in [-0.39, 0.29) is 38.4 Å². The van der Waals surface area contributed by atoms with Gasteiger partial charge in [0.25, 0.3) is 10.0 Å². The largest absolute Gasteiger partial charge is 0.485 e. The molecule has 4 saturated carbocycles. The third-order valence-corrected chi connectivity index (χ3v) is 8.02. The van der Waals surface area contributed by atoms with E-state index in [0.717, 1.165) is 18.9 Å². The van der Waals surface area contributed by atoms with Crippen molar-refractivity contribution in [2.75, 3.05) is 4.72 Å². The Balaban J connectivity index is 1.54. The molecule has 3 N–H and O–H groups in total. The van der Waals surface area contributed by atoms with Crippen molar-refractivity contribution in [1.29, 1.82) is 5.26 Å². The summed E-state index contributed by atoms with van der Waals surface area (Å²) in [6.07, 6.45) is 2.98. The molecule has 0 aromatic heterocycles. The predicted octanol–water partition coefficient (Wildman–Crippen LogP) is 3.63. The number of ether oxygens (including phenoxy) is 1. The van der Waals surface area contributed by atoms with Gasteiger partial charge in [-0.05, 0) is 42.5 Å². The number of sulfonamides is 1. The predicted molar refractivity (Wildman–Crippen MR) is 115 cm³/mol. The first-order valence-corrected chi connectivity index (χ1v) is 11.9. The molecule has 10 heteroatoms. The van der Waals surface area contributed by atoms with Crippen LogP contribution in [0, 0.1) is 11.3 Å². The monoisotopic (exact) mass is 474 g/mol. The number of aromatic carboxylic acids is 1. The minimum absolute atomic E-state index is 0.0325. The second-order valence-corrected chi connectivity index (χ2v) is 11.0. The Morgan fingerprint density at radius 1 is 1.22 bits per heavy atom. The first-order chi connectivity index (χ1) is 15.0. The van der Waals surface area contributed by atoms with Crippen molar-refractivity contribution >= 4 is 33.3 Å². The van der Waals surface area contributed by atoms with Gasteiger partial charge in [-0.3, -0.25) is 4.72 Å². The van der Waals surface area contributed by atoms with Crippen LogP contribution in [0.5, 0.6) is 5.75 Å². The van der Waals surface area contributed by atoms with E-state index in [1.54, 1.807) is 0 Å². The van der Waals surface area contributed by atoms with Crippen LogP contribution < -0.4 is 9.46 Å². The van der Waals surface area contributed by atoms with E-state index in [2.05, 4.69) is 4.72 Å². The van der Waals surface area contributed by atoms with Gasteiger partial charge < -0.3 is 14.9 Å². The number of halogens is 1. The summed E-state index contributed by atoms with van der Waals surface area (Å²) in [6.45, 7) is 0. The molecule has 4 aliphatic carbocycles. The molecule has 0 radical (unpaired) electrons. The number of nitrogens with zero attached hydrogens (tertiary/aromatic N) is 1. The van der Waals surface area contributed by atoms with Crippen LogP contribution in [0.25, 0.3) is 0 Å². The highest BCUT2D eigenvalue weighted by Gasteiger charge is 2.70. The summed E-state index contributed by atoms with van der Waals surface area (Å²) in [5.74, 6) is -1.02. The number of carboxylic acids is 1. The standard InChI is InChI=1S/C22H19ClN2O6S/c23-16-7-18(31-22-9-21(28,10-22)11-22)17(5-14(16)8-24)25-32(29,30)19-6-13(20(26)27)3-4-15(19)12-1-2-12/h3-7,12,25,28H,1-2,9-11H2,(H,26,27). The van der Waals surface area contributed by atoms with E-state index < -0.39 is 27.2 Å². The number of nitriles is 1. The average Bonchev–Trinajstić information content (AvgIpc) is 3.52. The lowest BCUT2D eigenvalue weighted by Gasteiger charge is -2.66. The fourth-order valence-electron chi connectivity index (χ4n) is 4.62.